The summed E-state index contributed by atoms with van der Waals surface area (Å²) >= 11 is 0. The molecular formula is C15H23NO2S. The molecule has 0 aliphatic heterocycles. The first-order valence-electron chi connectivity index (χ1n) is 6.95. The Balaban J connectivity index is 2.33. The smallest absolute Gasteiger partial charge is 0.181 e. The second-order valence-electron chi connectivity index (χ2n) is 5.81. The molecule has 1 aromatic rings. The van der Waals surface area contributed by atoms with Crippen molar-refractivity contribution >= 4 is 9.84 Å². The average molecular weight is 281 g/mol. The lowest BCUT2D eigenvalue weighted by atomic mass is 9.82. The van der Waals surface area contributed by atoms with Crippen LogP contribution in [0.5, 0.6) is 0 Å². The highest BCUT2D eigenvalue weighted by molar-refractivity contribution is 7.92. The van der Waals surface area contributed by atoms with Crippen LogP contribution in [0, 0.1) is 18.8 Å². The van der Waals surface area contributed by atoms with E-state index in [1.807, 2.05) is 19.1 Å². The third kappa shape index (κ3) is 3.00. The molecule has 3 atom stereocenters. The van der Waals surface area contributed by atoms with Crippen LogP contribution in [0.15, 0.2) is 29.2 Å². The molecule has 1 fully saturated rings. The van der Waals surface area contributed by atoms with Crippen LogP contribution in [0.1, 0.15) is 31.7 Å². The number of hydrogen-bond acceptors (Lipinski definition) is 3. The molecular weight excluding hydrogens is 258 g/mol. The van der Waals surface area contributed by atoms with Crippen LogP contribution in [-0.2, 0) is 9.84 Å². The molecule has 0 radical (unpaired) electrons. The lowest BCUT2D eigenvalue weighted by Crippen LogP contribution is -2.39. The number of rotatable bonds is 3. The van der Waals surface area contributed by atoms with Gasteiger partial charge in [-0.25, -0.2) is 8.42 Å². The third-order valence-electron chi connectivity index (χ3n) is 4.24. The van der Waals surface area contributed by atoms with Crippen LogP contribution in [0.2, 0.25) is 0 Å². The number of sulfone groups is 1. The normalized spacial score (nSPS) is 28.3. The van der Waals surface area contributed by atoms with E-state index in [0.717, 1.165) is 24.8 Å². The summed E-state index contributed by atoms with van der Waals surface area (Å²) in [4.78, 5) is 0.440. The number of nitrogens with two attached hydrogens (primary N) is 1. The molecule has 0 bridgehead atoms. The zero-order chi connectivity index (χ0) is 14.0. The van der Waals surface area contributed by atoms with Gasteiger partial charge in [0.05, 0.1) is 10.1 Å². The van der Waals surface area contributed by atoms with E-state index in [0.29, 0.717) is 17.4 Å². The van der Waals surface area contributed by atoms with Crippen molar-refractivity contribution in [1.82, 2.24) is 0 Å². The maximum atomic E-state index is 12.8. The minimum Gasteiger partial charge on any atom is -0.330 e. The second-order valence-corrected chi connectivity index (χ2v) is 7.98. The third-order valence-corrected chi connectivity index (χ3v) is 6.55. The fourth-order valence-electron chi connectivity index (χ4n) is 2.94. The summed E-state index contributed by atoms with van der Waals surface area (Å²) in [5.74, 6) is 0.565. The van der Waals surface area contributed by atoms with Gasteiger partial charge in [0, 0.05) is 0 Å². The summed E-state index contributed by atoms with van der Waals surface area (Å²) < 4.78 is 25.5. The van der Waals surface area contributed by atoms with Crippen molar-refractivity contribution in [3.05, 3.63) is 29.8 Å². The van der Waals surface area contributed by atoms with Gasteiger partial charge in [-0.3, -0.25) is 0 Å². The Morgan fingerprint density at radius 1 is 1.21 bits per heavy atom. The van der Waals surface area contributed by atoms with Crippen molar-refractivity contribution in [2.45, 2.75) is 43.3 Å². The van der Waals surface area contributed by atoms with Crippen molar-refractivity contribution in [2.75, 3.05) is 6.54 Å². The van der Waals surface area contributed by atoms with Crippen molar-refractivity contribution in [3.63, 3.8) is 0 Å². The van der Waals surface area contributed by atoms with E-state index in [4.69, 9.17) is 5.73 Å². The number of benzene rings is 1. The molecule has 0 spiro atoms. The highest BCUT2D eigenvalue weighted by atomic mass is 32.2. The highest BCUT2D eigenvalue weighted by Gasteiger charge is 2.37. The molecule has 1 aliphatic carbocycles. The first kappa shape index (κ1) is 14.5. The van der Waals surface area contributed by atoms with Gasteiger partial charge >= 0.3 is 0 Å². The molecule has 0 saturated heterocycles. The van der Waals surface area contributed by atoms with Crippen molar-refractivity contribution in [2.24, 2.45) is 17.6 Å². The zero-order valence-corrected chi connectivity index (χ0v) is 12.5. The summed E-state index contributed by atoms with van der Waals surface area (Å²) in [5, 5.41) is -0.316. The van der Waals surface area contributed by atoms with Crippen molar-refractivity contribution < 1.29 is 8.42 Å². The van der Waals surface area contributed by atoms with Crippen molar-refractivity contribution in [1.29, 1.82) is 0 Å². The van der Waals surface area contributed by atoms with Gasteiger partial charge in [-0.1, -0.05) is 31.0 Å². The first-order valence-corrected chi connectivity index (χ1v) is 8.50. The first-order chi connectivity index (χ1) is 8.95. The van der Waals surface area contributed by atoms with Gasteiger partial charge in [0.15, 0.2) is 9.84 Å². The Morgan fingerprint density at radius 3 is 2.42 bits per heavy atom. The Morgan fingerprint density at radius 2 is 1.84 bits per heavy atom. The van der Waals surface area contributed by atoms with E-state index in [-0.39, 0.29) is 11.2 Å². The maximum absolute atomic E-state index is 12.8. The van der Waals surface area contributed by atoms with Crippen LogP contribution in [0.3, 0.4) is 0 Å². The average Bonchev–Trinajstić information content (AvgIpc) is 2.39. The van der Waals surface area contributed by atoms with Gasteiger partial charge in [0.1, 0.15) is 0 Å². The molecule has 0 heterocycles. The molecule has 106 valence electrons. The lowest BCUT2D eigenvalue weighted by Gasteiger charge is -2.33. The Labute approximate surface area is 116 Å². The molecule has 3 nitrogen and oxygen atoms in total. The fourth-order valence-corrected chi connectivity index (χ4v) is 5.14. The summed E-state index contributed by atoms with van der Waals surface area (Å²) in [5.41, 5.74) is 6.85. The Hall–Kier alpha value is -0.870. The Bertz CT molecular complexity index is 522. The largest absolute Gasteiger partial charge is 0.330 e. The van der Waals surface area contributed by atoms with E-state index in [9.17, 15) is 8.42 Å². The van der Waals surface area contributed by atoms with E-state index in [2.05, 4.69) is 6.92 Å². The van der Waals surface area contributed by atoms with Gasteiger partial charge in [-0.2, -0.15) is 0 Å². The SMILES string of the molecule is Cc1ccc(S(=O)(=O)C2CC(C)CCC2CN)cc1. The molecule has 1 aliphatic rings. The molecule has 1 aromatic carbocycles. The molecule has 4 heteroatoms. The predicted octanol–water partition coefficient (Wildman–Crippen LogP) is 2.53. The number of hydrogen-bond donors (Lipinski definition) is 1. The molecule has 19 heavy (non-hydrogen) atoms. The minimum absolute atomic E-state index is 0.0995. The zero-order valence-electron chi connectivity index (χ0n) is 11.7. The van der Waals surface area contributed by atoms with Crippen molar-refractivity contribution in [3.8, 4) is 0 Å². The maximum Gasteiger partial charge on any atom is 0.181 e. The second kappa shape index (κ2) is 5.63. The van der Waals surface area contributed by atoms with Crippen LogP contribution >= 0.6 is 0 Å². The monoisotopic (exact) mass is 281 g/mol. The minimum atomic E-state index is -3.25. The molecule has 2 rings (SSSR count). The molecule has 0 aromatic heterocycles. The fraction of sp³-hybridized carbons (Fsp3) is 0.600. The topological polar surface area (TPSA) is 60.2 Å². The lowest BCUT2D eigenvalue weighted by molar-refractivity contribution is 0.296. The summed E-state index contributed by atoms with van der Waals surface area (Å²) in [7, 11) is -3.25. The van der Waals surface area contributed by atoms with Crippen LogP contribution < -0.4 is 5.73 Å². The van der Waals surface area contributed by atoms with Gasteiger partial charge in [0.25, 0.3) is 0 Å². The van der Waals surface area contributed by atoms with E-state index in [1.54, 1.807) is 12.1 Å². The van der Waals surface area contributed by atoms with Gasteiger partial charge in [0.2, 0.25) is 0 Å². The summed E-state index contributed by atoms with van der Waals surface area (Å²) in [6.07, 6.45) is 2.74. The van der Waals surface area contributed by atoms with Crippen LogP contribution in [0.4, 0.5) is 0 Å². The van der Waals surface area contributed by atoms with Crippen LogP contribution in [0.25, 0.3) is 0 Å². The van der Waals surface area contributed by atoms with Gasteiger partial charge < -0.3 is 5.73 Å². The van der Waals surface area contributed by atoms with Gasteiger partial charge in [-0.15, -0.1) is 0 Å². The highest BCUT2D eigenvalue weighted by Crippen LogP contribution is 2.35. The molecule has 0 amide bonds. The van der Waals surface area contributed by atoms with E-state index in [1.165, 1.54) is 0 Å². The molecule has 3 unspecified atom stereocenters. The van der Waals surface area contributed by atoms with Crippen LogP contribution in [-0.4, -0.2) is 20.2 Å². The Kier molecular flexibility index (Phi) is 4.31. The standard InChI is InChI=1S/C15H23NO2S/c1-11-4-7-14(8-5-11)19(17,18)15-9-12(2)3-6-13(15)10-16/h4-5,7-8,12-13,15H,3,6,9-10,16H2,1-2H3. The van der Waals surface area contributed by atoms with Gasteiger partial charge in [-0.05, 0) is 50.3 Å². The van der Waals surface area contributed by atoms with E-state index < -0.39 is 9.84 Å². The molecule has 2 N–H and O–H groups in total. The quantitative estimate of drug-likeness (QED) is 0.926. The molecule has 1 saturated carbocycles. The summed E-state index contributed by atoms with van der Waals surface area (Å²) in [6, 6.07) is 7.15. The summed E-state index contributed by atoms with van der Waals surface area (Å²) in [6.45, 7) is 4.55. The predicted molar refractivity (Wildman–Crippen MR) is 77.7 cm³/mol. The number of aryl methyl sites for hydroxylation is 1. The van der Waals surface area contributed by atoms with E-state index >= 15 is 0 Å².